The first-order valence-corrected chi connectivity index (χ1v) is 5.67. The molecule has 3 heteroatoms. The van der Waals surface area contributed by atoms with Crippen LogP contribution < -0.4 is 0 Å². The number of methoxy groups -OCH3 is 1. The van der Waals surface area contributed by atoms with Crippen LogP contribution in [0.15, 0.2) is 18.3 Å². The molecule has 0 aliphatic heterocycles. The van der Waals surface area contributed by atoms with Crippen molar-refractivity contribution in [3.63, 3.8) is 0 Å². The highest BCUT2D eigenvalue weighted by Crippen LogP contribution is 2.06. The van der Waals surface area contributed by atoms with Gasteiger partial charge >= 0.3 is 0 Å². The van der Waals surface area contributed by atoms with Crippen molar-refractivity contribution in [2.24, 2.45) is 0 Å². The van der Waals surface area contributed by atoms with Crippen LogP contribution in [0.5, 0.6) is 0 Å². The van der Waals surface area contributed by atoms with E-state index < -0.39 is 0 Å². The third-order valence-electron chi connectivity index (χ3n) is 2.74. The Morgan fingerprint density at radius 3 is 2.67 bits per heavy atom. The second-order valence-corrected chi connectivity index (χ2v) is 3.65. The molecule has 0 bridgehead atoms. The van der Waals surface area contributed by atoms with Gasteiger partial charge in [0.05, 0.1) is 6.61 Å². The van der Waals surface area contributed by atoms with Crippen LogP contribution in [-0.2, 0) is 17.8 Å². The summed E-state index contributed by atoms with van der Waals surface area (Å²) in [5, 5.41) is 0. The highest BCUT2D eigenvalue weighted by molar-refractivity contribution is 5.07. The maximum atomic E-state index is 5.09. The molecule has 1 heterocycles. The van der Waals surface area contributed by atoms with Crippen molar-refractivity contribution in [1.82, 2.24) is 9.47 Å². The van der Waals surface area contributed by atoms with Crippen molar-refractivity contribution in [2.75, 3.05) is 26.8 Å². The van der Waals surface area contributed by atoms with E-state index in [9.17, 15) is 0 Å². The van der Waals surface area contributed by atoms with Gasteiger partial charge in [0.2, 0.25) is 0 Å². The van der Waals surface area contributed by atoms with E-state index in [0.717, 1.165) is 32.8 Å². The van der Waals surface area contributed by atoms with Gasteiger partial charge in [-0.3, -0.25) is 4.90 Å². The van der Waals surface area contributed by atoms with Gasteiger partial charge in [-0.15, -0.1) is 0 Å². The third kappa shape index (κ3) is 3.68. The van der Waals surface area contributed by atoms with Gasteiger partial charge in [-0.2, -0.15) is 0 Å². The van der Waals surface area contributed by atoms with E-state index >= 15 is 0 Å². The van der Waals surface area contributed by atoms with Crippen LogP contribution in [0.2, 0.25) is 0 Å². The van der Waals surface area contributed by atoms with Gasteiger partial charge in [0.15, 0.2) is 0 Å². The number of nitrogens with zero attached hydrogens (tertiary/aromatic N) is 2. The van der Waals surface area contributed by atoms with E-state index in [2.05, 4.69) is 41.6 Å². The Balaban J connectivity index is 2.55. The molecule has 0 spiro atoms. The number of rotatable bonds is 7. The molecule has 0 radical (unpaired) electrons. The Labute approximate surface area is 92.6 Å². The summed E-state index contributed by atoms with van der Waals surface area (Å²) in [6, 6.07) is 4.29. The lowest BCUT2D eigenvalue weighted by Crippen LogP contribution is -2.24. The number of aromatic nitrogens is 1. The van der Waals surface area contributed by atoms with Gasteiger partial charge in [0, 0.05) is 32.1 Å². The molecule has 1 aromatic rings. The van der Waals surface area contributed by atoms with Crippen LogP contribution >= 0.6 is 0 Å². The Morgan fingerprint density at radius 2 is 2.07 bits per heavy atom. The van der Waals surface area contributed by atoms with Crippen molar-refractivity contribution in [3.05, 3.63) is 24.0 Å². The fourth-order valence-electron chi connectivity index (χ4n) is 1.68. The zero-order valence-electron chi connectivity index (χ0n) is 10.1. The smallest absolute Gasteiger partial charge is 0.0641 e. The zero-order chi connectivity index (χ0) is 11.1. The summed E-state index contributed by atoms with van der Waals surface area (Å²) >= 11 is 0. The van der Waals surface area contributed by atoms with Crippen LogP contribution in [-0.4, -0.2) is 36.3 Å². The Bertz CT molecular complexity index is 266. The van der Waals surface area contributed by atoms with Crippen molar-refractivity contribution >= 4 is 0 Å². The molecular weight excluding hydrogens is 188 g/mol. The molecule has 1 rings (SSSR count). The predicted molar refractivity (Wildman–Crippen MR) is 62.9 cm³/mol. The van der Waals surface area contributed by atoms with Crippen LogP contribution in [0, 0.1) is 0 Å². The van der Waals surface area contributed by atoms with E-state index in [-0.39, 0.29) is 0 Å². The largest absolute Gasteiger partial charge is 0.383 e. The maximum Gasteiger partial charge on any atom is 0.0641 e. The molecule has 15 heavy (non-hydrogen) atoms. The Hall–Kier alpha value is -0.800. The summed E-state index contributed by atoms with van der Waals surface area (Å²) in [5.41, 5.74) is 1.37. The molecule has 0 saturated carbocycles. The van der Waals surface area contributed by atoms with Crippen molar-refractivity contribution in [1.29, 1.82) is 0 Å². The molecule has 3 nitrogen and oxygen atoms in total. The molecule has 1 aromatic heterocycles. The summed E-state index contributed by atoms with van der Waals surface area (Å²) in [5.74, 6) is 0. The van der Waals surface area contributed by atoms with Crippen molar-refractivity contribution in [3.8, 4) is 0 Å². The maximum absolute atomic E-state index is 5.09. The number of hydrogen-bond donors (Lipinski definition) is 0. The van der Waals surface area contributed by atoms with E-state index in [1.54, 1.807) is 7.11 Å². The minimum atomic E-state index is 0.778. The van der Waals surface area contributed by atoms with Crippen molar-refractivity contribution < 1.29 is 4.74 Å². The first-order valence-electron chi connectivity index (χ1n) is 5.67. The molecule has 0 fully saturated rings. The summed E-state index contributed by atoms with van der Waals surface area (Å²) in [6.07, 6.45) is 2.12. The SMILES string of the molecule is CCN(CC)Cc1cccn1CCOC. The molecule has 0 aromatic carbocycles. The summed E-state index contributed by atoms with van der Waals surface area (Å²) in [6.45, 7) is 9.36. The van der Waals surface area contributed by atoms with Gasteiger partial charge in [-0.05, 0) is 25.2 Å². The quantitative estimate of drug-likeness (QED) is 0.684. The summed E-state index contributed by atoms with van der Waals surface area (Å²) < 4.78 is 7.36. The van der Waals surface area contributed by atoms with Gasteiger partial charge < -0.3 is 9.30 Å². The predicted octanol–water partition coefficient (Wildman–Crippen LogP) is 1.98. The van der Waals surface area contributed by atoms with Crippen LogP contribution in [0.4, 0.5) is 0 Å². The van der Waals surface area contributed by atoms with E-state index in [4.69, 9.17) is 4.74 Å². The normalized spacial score (nSPS) is 11.2. The Morgan fingerprint density at radius 1 is 1.33 bits per heavy atom. The second kappa shape index (κ2) is 6.64. The average Bonchev–Trinajstić information content (AvgIpc) is 2.70. The van der Waals surface area contributed by atoms with Gasteiger partial charge in [0.25, 0.3) is 0 Å². The lowest BCUT2D eigenvalue weighted by atomic mass is 10.3. The lowest BCUT2D eigenvalue weighted by Gasteiger charge is -2.19. The van der Waals surface area contributed by atoms with Gasteiger partial charge in [0.1, 0.15) is 0 Å². The molecule has 0 saturated heterocycles. The number of hydrogen-bond acceptors (Lipinski definition) is 2. The first kappa shape index (κ1) is 12.3. The third-order valence-corrected chi connectivity index (χ3v) is 2.74. The molecule has 0 atom stereocenters. The molecule has 0 aliphatic carbocycles. The van der Waals surface area contributed by atoms with E-state index in [1.807, 2.05) is 0 Å². The first-order chi connectivity index (χ1) is 7.31. The molecule has 0 amide bonds. The average molecular weight is 210 g/mol. The minimum Gasteiger partial charge on any atom is -0.383 e. The summed E-state index contributed by atoms with van der Waals surface area (Å²) in [4.78, 5) is 2.42. The van der Waals surface area contributed by atoms with Crippen LogP contribution in [0.3, 0.4) is 0 Å². The summed E-state index contributed by atoms with van der Waals surface area (Å²) in [7, 11) is 1.74. The topological polar surface area (TPSA) is 17.4 Å². The molecule has 0 aliphatic rings. The zero-order valence-corrected chi connectivity index (χ0v) is 10.1. The lowest BCUT2D eigenvalue weighted by molar-refractivity contribution is 0.184. The Kier molecular flexibility index (Phi) is 5.43. The van der Waals surface area contributed by atoms with Gasteiger partial charge in [-0.1, -0.05) is 13.8 Å². The fourth-order valence-corrected chi connectivity index (χ4v) is 1.68. The molecule has 86 valence electrons. The fraction of sp³-hybridized carbons (Fsp3) is 0.667. The second-order valence-electron chi connectivity index (χ2n) is 3.65. The standard InChI is InChI=1S/C12H22N2O/c1-4-13(5-2)11-12-7-6-8-14(12)9-10-15-3/h6-8H,4-5,9-11H2,1-3H3. The molecular formula is C12H22N2O. The van der Waals surface area contributed by atoms with Crippen LogP contribution in [0.25, 0.3) is 0 Å². The van der Waals surface area contributed by atoms with E-state index in [1.165, 1.54) is 5.69 Å². The van der Waals surface area contributed by atoms with Crippen LogP contribution in [0.1, 0.15) is 19.5 Å². The highest BCUT2D eigenvalue weighted by Gasteiger charge is 2.04. The number of ether oxygens (including phenoxy) is 1. The minimum absolute atomic E-state index is 0.778. The molecule has 0 unspecified atom stereocenters. The highest BCUT2D eigenvalue weighted by atomic mass is 16.5. The van der Waals surface area contributed by atoms with Crippen molar-refractivity contribution in [2.45, 2.75) is 26.9 Å². The molecule has 0 N–H and O–H groups in total. The van der Waals surface area contributed by atoms with E-state index in [0.29, 0.717) is 0 Å². The monoisotopic (exact) mass is 210 g/mol. The van der Waals surface area contributed by atoms with Gasteiger partial charge in [-0.25, -0.2) is 0 Å².